The maximum absolute atomic E-state index is 11.3. The summed E-state index contributed by atoms with van der Waals surface area (Å²) in [6, 6.07) is -0.870. The Bertz CT molecular complexity index is 510. The summed E-state index contributed by atoms with van der Waals surface area (Å²) >= 11 is 0. The molecule has 0 aromatic carbocycles. The molecule has 0 aliphatic carbocycles. The molecule has 3 N–H and O–H groups in total. The molecule has 134 valence electrons. The minimum absolute atomic E-state index is 0.190. The van der Waals surface area contributed by atoms with Crippen molar-refractivity contribution in [3.63, 3.8) is 0 Å². The molecule has 4 atom stereocenters. The van der Waals surface area contributed by atoms with Gasteiger partial charge in [-0.15, -0.1) is 12.3 Å². The summed E-state index contributed by atoms with van der Waals surface area (Å²) in [5, 5.41) is 21.7. The van der Waals surface area contributed by atoms with Gasteiger partial charge in [0, 0.05) is 13.3 Å². The Balaban J connectivity index is 2.78. The predicted molar refractivity (Wildman–Crippen MR) is 86.7 cm³/mol. The van der Waals surface area contributed by atoms with Crippen LogP contribution < -0.4 is 5.32 Å². The van der Waals surface area contributed by atoms with Crippen molar-refractivity contribution in [2.24, 2.45) is 0 Å². The van der Waals surface area contributed by atoms with Crippen molar-refractivity contribution in [2.45, 2.75) is 70.5 Å². The van der Waals surface area contributed by atoms with Gasteiger partial charge in [-0.25, -0.2) is 4.79 Å². The third kappa shape index (κ3) is 6.22. The van der Waals surface area contributed by atoms with E-state index in [1.807, 2.05) is 6.92 Å². The number of carboxylic acid groups (broad SMARTS) is 1. The van der Waals surface area contributed by atoms with E-state index in [4.69, 9.17) is 21.0 Å². The monoisotopic (exact) mass is 339 g/mol. The Kier molecular flexibility index (Phi) is 8.30. The highest BCUT2D eigenvalue weighted by molar-refractivity contribution is 5.84. The lowest BCUT2D eigenvalue weighted by Crippen LogP contribution is -2.55. The van der Waals surface area contributed by atoms with Gasteiger partial charge >= 0.3 is 5.97 Å². The molecule has 24 heavy (non-hydrogen) atoms. The Morgan fingerprint density at radius 2 is 2.21 bits per heavy atom. The number of aliphatic hydroxyl groups excluding tert-OH is 1. The van der Waals surface area contributed by atoms with Gasteiger partial charge in [0.25, 0.3) is 0 Å². The summed E-state index contributed by atoms with van der Waals surface area (Å²) in [5.74, 6) is 0.513. The zero-order valence-corrected chi connectivity index (χ0v) is 14.0. The fourth-order valence-corrected chi connectivity index (χ4v) is 2.44. The van der Waals surface area contributed by atoms with Crippen LogP contribution in [-0.4, -0.2) is 46.6 Å². The molecule has 0 radical (unpaired) electrons. The molecule has 0 fully saturated rings. The normalized spacial score (nSPS) is 24.2. The molecule has 0 saturated carbocycles. The molecular weight excluding hydrogens is 314 g/mol. The number of unbranched alkanes of at least 4 members (excludes halogenated alkanes) is 2. The molecule has 0 spiro atoms. The van der Waals surface area contributed by atoms with Gasteiger partial charge in [-0.3, -0.25) is 4.79 Å². The summed E-state index contributed by atoms with van der Waals surface area (Å²) in [5.41, 5.74) is 0. The van der Waals surface area contributed by atoms with Gasteiger partial charge in [0.15, 0.2) is 0 Å². The van der Waals surface area contributed by atoms with Gasteiger partial charge in [-0.2, -0.15) is 0 Å². The fourth-order valence-electron chi connectivity index (χ4n) is 2.44. The number of ether oxygens (including phenoxy) is 2. The van der Waals surface area contributed by atoms with Crippen LogP contribution >= 0.6 is 0 Å². The number of aliphatic hydroxyl groups is 1. The van der Waals surface area contributed by atoms with E-state index >= 15 is 0 Å². The SMILES string of the molecule is C#CCCCC[C@@H](CC)O[C@H]1OC(C(=O)O)=C[C@H](O)[C@H]1NC(C)=O. The first kappa shape index (κ1) is 20.0. The van der Waals surface area contributed by atoms with Gasteiger partial charge in [0.2, 0.25) is 18.0 Å². The van der Waals surface area contributed by atoms with E-state index in [2.05, 4.69) is 11.2 Å². The van der Waals surface area contributed by atoms with Gasteiger partial charge in [0.1, 0.15) is 12.1 Å². The smallest absolute Gasteiger partial charge is 0.371 e. The largest absolute Gasteiger partial charge is 0.475 e. The molecule has 0 saturated heterocycles. The summed E-state index contributed by atoms with van der Waals surface area (Å²) in [7, 11) is 0. The quantitative estimate of drug-likeness (QED) is 0.430. The van der Waals surface area contributed by atoms with Crippen molar-refractivity contribution in [1.29, 1.82) is 0 Å². The zero-order chi connectivity index (χ0) is 18.1. The molecule has 1 rings (SSSR count). The first-order valence-corrected chi connectivity index (χ1v) is 8.04. The molecule has 1 heterocycles. The van der Waals surface area contributed by atoms with E-state index in [9.17, 15) is 14.7 Å². The topological polar surface area (TPSA) is 105 Å². The van der Waals surface area contributed by atoms with E-state index in [0.717, 1.165) is 25.3 Å². The highest BCUT2D eigenvalue weighted by atomic mass is 16.7. The average molecular weight is 339 g/mol. The second-order valence-corrected chi connectivity index (χ2v) is 5.66. The molecule has 1 amide bonds. The van der Waals surface area contributed by atoms with Crippen LogP contribution in [-0.2, 0) is 19.1 Å². The van der Waals surface area contributed by atoms with E-state index in [1.165, 1.54) is 6.92 Å². The van der Waals surface area contributed by atoms with Crippen LogP contribution in [0.4, 0.5) is 0 Å². The number of hydrogen-bond acceptors (Lipinski definition) is 5. The second-order valence-electron chi connectivity index (χ2n) is 5.66. The molecule has 7 nitrogen and oxygen atoms in total. The Labute approximate surface area is 142 Å². The number of carbonyl (C=O) groups excluding carboxylic acids is 1. The Morgan fingerprint density at radius 1 is 1.50 bits per heavy atom. The number of rotatable bonds is 9. The van der Waals surface area contributed by atoms with Crippen molar-refractivity contribution in [1.82, 2.24) is 5.32 Å². The second kappa shape index (κ2) is 9.96. The maximum Gasteiger partial charge on any atom is 0.371 e. The molecule has 0 bridgehead atoms. The van der Waals surface area contributed by atoms with Crippen LogP contribution in [0.3, 0.4) is 0 Å². The molecule has 1 aliphatic rings. The summed E-state index contributed by atoms with van der Waals surface area (Å²) in [6.07, 6.45) is 7.64. The number of carbonyl (C=O) groups is 2. The number of hydrogen-bond donors (Lipinski definition) is 3. The zero-order valence-electron chi connectivity index (χ0n) is 14.0. The van der Waals surface area contributed by atoms with Gasteiger partial charge in [0.05, 0.1) is 6.10 Å². The van der Waals surface area contributed by atoms with Gasteiger partial charge in [-0.05, 0) is 31.8 Å². The Hall–Kier alpha value is -2.04. The van der Waals surface area contributed by atoms with Crippen LogP contribution in [0.2, 0.25) is 0 Å². The van der Waals surface area contributed by atoms with Crippen LogP contribution in [0.15, 0.2) is 11.8 Å². The average Bonchev–Trinajstić information content (AvgIpc) is 2.52. The van der Waals surface area contributed by atoms with Crippen molar-refractivity contribution < 1.29 is 29.3 Å². The maximum atomic E-state index is 11.3. The van der Waals surface area contributed by atoms with E-state index in [-0.39, 0.29) is 12.0 Å². The van der Waals surface area contributed by atoms with Crippen molar-refractivity contribution in [2.75, 3.05) is 0 Å². The lowest BCUT2D eigenvalue weighted by molar-refractivity contribution is -0.194. The van der Waals surface area contributed by atoms with Crippen LogP contribution in [0.25, 0.3) is 0 Å². The number of terminal acetylenes is 1. The van der Waals surface area contributed by atoms with Crippen LogP contribution in [0, 0.1) is 12.3 Å². The Morgan fingerprint density at radius 3 is 2.75 bits per heavy atom. The molecule has 7 heteroatoms. The summed E-state index contributed by atoms with van der Waals surface area (Å²) < 4.78 is 11.2. The number of nitrogens with one attached hydrogen (secondary N) is 1. The molecule has 0 aromatic rings. The lowest BCUT2D eigenvalue weighted by Gasteiger charge is -2.36. The lowest BCUT2D eigenvalue weighted by atomic mass is 10.1. The summed E-state index contributed by atoms with van der Waals surface area (Å²) in [6.45, 7) is 3.24. The molecular formula is C17H25NO6. The van der Waals surface area contributed by atoms with E-state index < -0.39 is 30.2 Å². The first-order chi connectivity index (χ1) is 11.4. The molecule has 1 aliphatic heterocycles. The third-order valence-electron chi connectivity index (χ3n) is 3.69. The van der Waals surface area contributed by atoms with Crippen molar-refractivity contribution in [3.05, 3.63) is 11.8 Å². The first-order valence-electron chi connectivity index (χ1n) is 8.04. The highest BCUT2D eigenvalue weighted by Crippen LogP contribution is 2.23. The van der Waals surface area contributed by atoms with Crippen LogP contribution in [0.1, 0.15) is 46.0 Å². The predicted octanol–water partition coefficient (Wildman–Crippen LogP) is 1.17. The summed E-state index contributed by atoms with van der Waals surface area (Å²) in [4.78, 5) is 22.4. The van der Waals surface area contributed by atoms with E-state index in [0.29, 0.717) is 12.8 Å². The standard InChI is InChI=1S/C17H25NO6/c1-4-6-7-8-9-12(5-2)23-17-15(18-11(3)19)13(20)10-14(24-17)16(21)22/h1,10,12-13,15,17,20H,5-9H2,2-3H3,(H,18,19)(H,21,22)/t12-,13+,15-,17+/m1/s1. The molecule has 0 unspecified atom stereocenters. The van der Waals surface area contributed by atoms with Crippen molar-refractivity contribution >= 4 is 11.9 Å². The van der Waals surface area contributed by atoms with Crippen LogP contribution in [0.5, 0.6) is 0 Å². The fraction of sp³-hybridized carbons (Fsp3) is 0.647. The van der Waals surface area contributed by atoms with E-state index in [1.54, 1.807) is 0 Å². The van der Waals surface area contributed by atoms with Gasteiger partial charge < -0.3 is 25.0 Å². The number of aliphatic carboxylic acids is 1. The van der Waals surface area contributed by atoms with Crippen molar-refractivity contribution in [3.8, 4) is 12.3 Å². The highest BCUT2D eigenvalue weighted by Gasteiger charge is 2.38. The minimum Gasteiger partial charge on any atom is -0.475 e. The minimum atomic E-state index is -1.30. The number of carboxylic acids is 1. The molecule has 0 aromatic heterocycles. The number of amides is 1. The van der Waals surface area contributed by atoms with Gasteiger partial charge in [-0.1, -0.05) is 6.92 Å². The third-order valence-corrected chi connectivity index (χ3v) is 3.69.